The number of rotatable bonds is 6. The lowest BCUT2D eigenvalue weighted by Crippen LogP contribution is -2.31. The molecule has 1 atom stereocenters. The van der Waals surface area contributed by atoms with Gasteiger partial charge in [0, 0.05) is 38.0 Å². The molecule has 2 fully saturated rings. The Kier molecular flexibility index (Phi) is 5.25. The molecule has 3 aromatic heterocycles. The lowest BCUT2D eigenvalue weighted by atomic mass is 10.1. The van der Waals surface area contributed by atoms with Crippen LogP contribution in [0.25, 0.3) is 5.65 Å². The highest BCUT2D eigenvalue weighted by atomic mass is 19.1. The Balaban J connectivity index is 1.51. The van der Waals surface area contributed by atoms with Crippen LogP contribution in [-0.2, 0) is 4.74 Å². The fourth-order valence-corrected chi connectivity index (χ4v) is 3.87. The van der Waals surface area contributed by atoms with Crippen LogP contribution >= 0.6 is 0 Å². The Morgan fingerprint density at radius 1 is 1.28 bits per heavy atom. The molecule has 3 aromatic rings. The topological polar surface area (TPSA) is 115 Å². The van der Waals surface area contributed by atoms with Gasteiger partial charge in [-0.1, -0.05) is 0 Å². The molecule has 11 heteroatoms. The quantitative estimate of drug-likeness (QED) is 0.536. The fraction of sp³-hybridized carbons (Fsp3) is 0.429. The smallest absolute Gasteiger partial charge is 0.274 e. The summed E-state index contributed by atoms with van der Waals surface area (Å²) in [7, 11) is 1.71. The van der Waals surface area contributed by atoms with E-state index in [1.807, 2.05) is 0 Å². The van der Waals surface area contributed by atoms with Crippen molar-refractivity contribution < 1.29 is 13.9 Å². The normalized spacial score (nSPS) is 18.5. The van der Waals surface area contributed by atoms with E-state index in [1.165, 1.54) is 21.5 Å². The van der Waals surface area contributed by atoms with Crippen molar-refractivity contribution in [1.82, 2.24) is 24.5 Å². The molecule has 5 rings (SSSR count). The van der Waals surface area contributed by atoms with Crippen molar-refractivity contribution in [2.45, 2.75) is 37.8 Å². The first-order valence-electron chi connectivity index (χ1n) is 10.7. The van der Waals surface area contributed by atoms with Gasteiger partial charge in [-0.15, -0.1) is 0 Å². The Bertz CT molecular complexity index is 1230. The monoisotopic (exact) mass is 441 g/mol. The van der Waals surface area contributed by atoms with Crippen LogP contribution in [0, 0.1) is 5.82 Å². The van der Waals surface area contributed by atoms with Gasteiger partial charge in [-0.3, -0.25) is 9.59 Å². The molecule has 0 spiro atoms. The maximum atomic E-state index is 14.4. The van der Waals surface area contributed by atoms with E-state index in [-0.39, 0.29) is 35.1 Å². The minimum absolute atomic E-state index is 0.0537. The third kappa shape index (κ3) is 3.91. The first kappa shape index (κ1) is 20.4. The molecule has 32 heavy (non-hydrogen) atoms. The van der Waals surface area contributed by atoms with E-state index in [1.54, 1.807) is 13.1 Å². The third-order valence-electron chi connectivity index (χ3n) is 5.69. The molecule has 1 aliphatic carbocycles. The molecule has 10 nitrogen and oxygen atoms in total. The van der Waals surface area contributed by atoms with Gasteiger partial charge in [-0.25, -0.2) is 9.37 Å². The van der Waals surface area contributed by atoms with Crippen molar-refractivity contribution in [2.75, 3.05) is 30.9 Å². The highest BCUT2D eigenvalue weighted by Crippen LogP contribution is 2.24. The van der Waals surface area contributed by atoms with Gasteiger partial charge in [0.1, 0.15) is 28.7 Å². The number of carbonyl (C=O) groups excluding carboxylic acids is 1. The van der Waals surface area contributed by atoms with E-state index in [0.29, 0.717) is 30.2 Å². The third-order valence-corrected chi connectivity index (χ3v) is 5.69. The number of halogens is 1. The van der Waals surface area contributed by atoms with E-state index in [0.717, 1.165) is 31.7 Å². The standard InChI is InChI=1S/C21H24FN7O3/c1-23-18-8-17(27-19-15(9-24-29(18)19)20(30)25-13-4-5-13)26-16-7-12(22)10-28(21(16)31)14-3-2-6-32-11-14/h7-10,13-14,23H,2-6,11H2,1H3,(H,25,30)(H,26,27)/t14-/m1/s1. The van der Waals surface area contributed by atoms with Crippen molar-refractivity contribution in [3.8, 4) is 0 Å². The summed E-state index contributed by atoms with van der Waals surface area (Å²) in [4.78, 5) is 30.1. The zero-order chi connectivity index (χ0) is 22.2. The average Bonchev–Trinajstić information content (AvgIpc) is 3.51. The van der Waals surface area contributed by atoms with Crippen LogP contribution in [0.15, 0.2) is 29.3 Å². The van der Waals surface area contributed by atoms with Crippen LogP contribution in [0.1, 0.15) is 42.1 Å². The van der Waals surface area contributed by atoms with Crippen molar-refractivity contribution >= 4 is 28.9 Å². The summed E-state index contributed by atoms with van der Waals surface area (Å²) in [6, 6.07) is 2.76. The Labute approximate surface area is 182 Å². The molecular weight excluding hydrogens is 417 g/mol. The summed E-state index contributed by atoms with van der Waals surface area (Å²) in [5.74, 6) is 0.0541. The summed E-state index contributed by atoms with van der Waals surface area (Å²) in [5.41, 5.74) is 0.343. The van der Waals surface area contributed by atoms with Gasteiger partial charge in [0.25, 0.3) is 11.5 Å². The first-order valence-corrected chi connectivity index (χ1v) is 10.7. The molecule has 4 heterocycles. The van der Waals surface area contributed by atoms with Crippen LogP contribution in [0.2, 0.25) is 0 Å². The second kappa shape index (κ2) is 8.23. The predicted octanol–water partition coefficient (Wildman–Crippen LogP) is 2.06. The number of anilines is 3. The molecule has 3 N–H and O–H groups in total. The van der Waals surface area contributed by atoms with Crippen LogP contribution in [-0.4, -0.2) is 51.4 Å². The molecule has 1 amide bonds. The van der Waals surface area contributed by atoms with Gasteiger partial charge in [0.05, 0.1) is 18.8 Å². The minimum Gasteiger partial charge on any atom is -0.379 e. The summed E-state index contributed by atoms with van der Waals surface area (Å²) >= 11 is 0. The Morgan fingerprint density at radius 3 is 2.84 bits per heavy atom. The zero-order valence-corrected chi connectivity index (χ0v) is 17.6. The number of nitrogens with one attached hydrogen (secondary N) is 3. The van der Waals surface area contributed by atoms with E-state index < -0.39 is 5.82 Å². The number of aromatic nitrogens is 4. The maximum Gasteiger partial charge on any atom is 0.274 e. The largest absolute Gasteiger partial charge is 0.379 e. The van der Waals surface area contributed by atoms with Crippen LogP contribution < -0.4 is 21.5 Å². The van der Waals surface area contributed by atoms with Gasteiger partial charge >= 0.3 is 0 Å². The second-order valence-electron chi connectivity index (χ2n) is 8.10. The van der Waals surface area contributed by atoms with Crippen LogP contribution in [0.3, 0.4) is 0 Å². The molecular formula is C21H24FN7O3. The number of ether oxygens (including phenoxy) is 1. The molecule has 0 bridgehead atoms. The number of amides is 1. The van der Waals surface area contributed by atoms with Gasteiger partial charge < -0.3 is 25.3 Å². The lowest BCUT2D eigenvalue weighted by molar-refractivity contribution is 0.0577. The number of nitrogens with zero attached hydrogens (tertiary/aromatic N) is 4. The fourth-order valence-electron chi connectivity index (χ4n) is 3.87. The molecule has 2 aliphatic rings. The first-order chi connectivity index (χ1) is 15.5. The SMILES string of the molecule is CNc1cc(Nc2cc(F)cn([C@@H]3CCCOC3)c2=O)nc2c(C(=O)NC3CC3)cnn12. The highest BCUT2D eigenvalue weighted by molar-refractivity contribution is 6.00. The molecule has 168 valence electrons. The van der Waals surface area contributed by atoms with Crippen LogP contribution in [0.5, 0.6) is 0 Å². The highest BCUT2D eigenvalue weighted by Gasteiger charge is 2.26. The Morgan fingerprint density at radius 2 is 2.12 bits per heavy atom. The molecule has 0 aromatic carbocycles. The molecule has 0 unspecified atom stereocenters. The van der Waals surface area contributed by atoms with Crippen LogP contribution in [0.4, 0.5) is 21.7 Å². The van der Waals surface area contributed by atoms with E-state index in [9.17, 15) is 14.0 Å². The molecule has 1 aliphatic heterocycles. The number of hydrogen-bond acceptors (Lipinski definition) is 7. The Hall–Kier alpha value is -3.47. The van der Waals surface area contributed by atoms with Crippen molar-refractivity contribution in [1.29, 1.82) is 0 Å². The van der Waals surface area contributed by atoms with Crippen molar-refractivity contribution in [3.63, 3.8) is 0 Å². The molecule has 1 saturated heterocycles. The lowest BCUT2D eigenvalue weighted by Gasteiger charge is -2.24. The summed E-state index contributed by atoms with van der Waals surface area (Å²) in [6.45, 7) is 1.01. The number of hydrogen-bond donors (Lipinski definition) is 3. The van der Waals surface area contributed by atoms with Gasteiger partial charge in [0.2, 0.25) is 0 Å². The summed E-state index contributed by atoms with van der Waals surface area (Å²) < 4.78 is 22.7. The maximum absolute atomic E-state index is 14.4. The minimum atomic E-state index is -0.540. The number of fused-ring (bicyclic) bond motifs is 1. The van der Waals surface area contributed by atoms with Gasteiger partial charge in [0.15, 0.2) is 5.65 Å². The van der Waals surface area contributed by atoms with E-state index >= 15 is 0 Å². The van der Waals surface area contributed by atoms with Crippen molar-refractivity contribution in [3.05, 3.63) is 46.3 Å². The van der Waals surface area contributed by atoms with Crippen molar-refractivity contribution in [2.24, 2.45) is 0 Å². The number of pyridine rings is 1. The summed E-state index contributed by atoms with van der Waals surface area (Å²) in [5, 5.41) is 13.1. The molecule has 1 saturated carbocycles. The van der Waals surface area contributed by atoms with Gasteiger partial charge in [-0.2, -0.15) is 9.61 Å². The zero-order valence-electron chi connectivity index (χ0n) is 17.6. The average molecular weight is 441 g/mol. The van der Waals surface area contributed by atoms with Gasteiger partial charge in [-0.05, 0) is 25.7 Å². The summed E-state index contributed by atoms with van der Waals surface area (Å²) in [6.07, 6.45) is 6.15. The van der Waals surface area contributed by atoms with E-state index in [4.69, 9.17) is 4.74 Å². The second-order valence-corrected chi connectivity index (χ2v) is 8.10. The molecule has 0 radical (unpaired) electrons. The predicted molar refractivity (Wildman–Crippen MR) is 116 cm³/mol. The van der Waals surface area contributed by atoms with E-state index in [2.05, 4.69) is 26.0 Å². The number of carbonyl (C=O) groups is 1.